The molecule has 6 aliphatic heterocycles. The van der Waals surface area contributed by atoms with E-state index in [4.69, 9.17) is 9.47 Å². The lowest BCUT2D eigenvalue weighted by Crippen LogP contribution is -2.32. The molecule has 8 bridgehead atoms. The van der Waals surface area contributed by atoms with E-state index >= 15 is 0 Å². The minimum atomic E-state index is -0.313. The Morgan fingerprint density at radius 1 is 0.541 bits per heavy atom. The summed E-state index contributed by atoms with van der Waals surface area (Å²) < 4.78 is 13.2. The molecule has 4 atom stereocenters. The number of hydrogen-bond acceptors (Lipinski definition) is 3. The van der Waals surface area contributed by atoms with E-state index < -0.39 is 0 Å². The van der Waals surface area contributed by atoms with Crippen LogP contribution in [0.2, 0.25) is 0 Å². The third kappa shape index (κ3) is 6.78. The molecule has 0 aromatic heterocycles. The Morgan fingerprint density at radius 2 is 1.15 bits per heavy atom. The molecule has 6 aliphatic carbocycles. The van der Waals surface area contributed by atoms with Crippen molar-refractivity contribution in [2.24, 2.45) is 23.7 Å². The summed E-state index contributed by atoms with van der Waals surface area (Å²) in [7, 11) is 0. The topological polar surface area (TPSA) is 35.5 Å². The Labute approximate surface area is 358 Å². The van der Waals surface area contributed by atoms with Crippen LogP contribution >= 0.6 is 0 Å². The van der Waals surface area contributed by atoms with Gasteiger partial charge in [-0.05, 0) is 132 Å². The molecule has 6 heterocycles. The van der Waals surface area contributed by atoms with E-state index in [2.05, 4.69) is 110 Å². The highest BCUT2D eigenvalue weighted by Gasteiger charge is 2.40. The number of carbonyl (C=O) groups is 1. The van der Waals surface area contributed by atoms with Crippen LogP contribution in [0.4, 0.5) is 0 Å². The summed E-state index contributed by atoms with van der Waals surface area (Å²) in [6.45, 7) is 5.20. The third-order valence-electron chi connectivity index (χ3n) is 14.2. The van der Waals surface area contributed by atoms with Crippen molar-refractivity contribution in [3.05, 3.63) is 200 Å². The lowest BCUT2D eigenvalue weighted by Gasteiger charge is -2.44. The van der Waals surface area contributed by atoms with Gasteiger partial charge in [-0.1, -0.05) is 138 Å². The fourth-order valence-electron chi connectivity index (χ4n) is 11.1. The largest absolute Gasteiger partial charge is 0.488 e. The second kappa shape index (κ2) is 15.5. The van der Waals surface area contributed by atoms with E-state index in [1.54, 1.807) is 16.7 Å². The standard InChI is InChI=1S/C58H48O3/c1-36-11-31-50-45-23-17-40(18-24-45)39-15-13-38(14-16-39)35-60-52-33-29-43-7-3-5-9-48(43)56(52)57-49-10-6-4-8-44(49)30-34-53(57)61-58(59)47-27-21-42(22-28-47)41-19-25-46(26-20-41)51-32-12-37(2)54(36)55(50)51/h3-10,13,15,17,19,21,23,25,27,29-30,33-34,36-37,50-51H,11-12,20,22,26,28,31-32,35H2,1-2H3. The van der Waals surface area contributed by atoms with Crippen LogP contribution in [0.3, 0.4) is 0 Å². The second-order valence-corrected chi connectivity index (χ2v) is 17.8. The molecule has 298 valence electrons. The lowest BCUT2D eigenvalue weighted by molar-refractivity contribution is -0.130. The molecule has 3 heteroatoms. The Morgan fingerprint density at radius 3 is 1.79 bits per heavy atom. The number of benzene rings is 4. The molecule has 12 aliphatic rings. The summed E-state index contributed by atoms with van der Waals surface area (Å²) in [6.07, 6.45) is 26.0. The van der Waals surface area contributed by atoms with Gasteiger partial charge in [-0.15, -0.1) is 0 Å². The molecule has 0 amide bonds. The normalized spacial score (nSPS) is 24.3. The zero-order valence-electron chi connectivity index (χ0n) is 34.9. The smallest absolute Gasteiger partial charge is 0.339 e. The molecule has 0 saturated carbocycles. The Balaban J connectivity index is 1.07. The summed E-state index contributed by atoms with van der Waals surface area (Å²) in [4.78, 5) is 14.2. The van der Waals surface area contributed by atoms with Gasteiger partial charge in [0.2, 0.25) is 0 Å². The molecule has 4 aromatic rings. The van der Waals surface area contributed by atoms with Crippen LogP contribution in [-0.2, 0) is 4.79 Å². The summed E-state index contributed by atoms with van der Waals surface area (Å²) in [5.74, 6) is 2.96. The summed E-state index contributed by atoms with van der Waals surface area (Å²) in [6, 6.07) is 24.7. The first-order valence-electron chi connectivity index (χ1n) is 22.3. The van der Waals surface area contributed by atoms with Gasteiger partial charge in [0.25, 0.3) is 0 Å². The van der Waals surface area contributed by atoms with Gasteiger partial charge >= 0.3 is 5.97 Å². The number of allylic oxidation sites excluding steroid dienone is 15. The van der Waals surface area contributed by atoms with Crippen molar-refractivity contribution in [1.82, 2.24) is 0 Å². The molecule has 4 aromatic carbocycles. The molecular formula is C58H48O3. The fraction of sp³-hybridized carbons (Fsp3) is 0.259. The van der Waals surface area contributed by atoms with E-state index in [1.807, 2.05) is 48.5 Å². The zero-order valence-corrected chi connectivity index (χ0v) is 34.9. The van der Waals surface area contributed by atoms with Crippen LogP contribution in [0.15, 0.2) is 200 Å². The number of esters is 1. The van der Waals surface area contributed by atoms with Gasteiger partial charge in [0.1, 0.15) is 18.1 Å². The summed E-state index contributed by atoms with van der Waals surface area (Å²) in [5.41, 5.74) is 28.2. The maximum absolute atomic E-state index is 14.2. The van der Waals surface area contributed by atoms with Gasteiger partial charge in [-0.2, -0.15) is 0 Å². The zero-order chi connectivity index (χ0) is 41.0. The minimum absolute atomic E-state index is 0.294. The van der Waals surface area contributed by atoms with E-state index in [-0.39, 0.29) is 5.97 Å². The van der Waals surface area contributed by atoms with Gasteiger partial charge in [0.15, 0.2) is 0 Å². The number of ether oxygens (including phenoxy) is 2. The first kappa shape index (κ1) is 37.4. The van der Waals surface area contributed by atoms with Crippen LogP contribution in [-0.4, -0.2) is 12.6 Å². The quantitative estimate of drug-likeness (QED) is 0.0770. The highest BCUT2D eigenvalue weighted by atomic mass is 16.5. The molecule has 3 nitrogen and oxygen atoms in total. The lowest BCUT2D eigenvalue weighted by atomic mass is 9.60. The Hall–Kier alpha value is -6.55. The highest BCUT2D eigenvalue weighted by molar-refractivity contribution is 6.10. The van der Waals surface area contributed by atoms with Crippen molar-refractivity contribution in [3.63, 3.8) is 0 Å². The highest BCUT2D eigenvalue weighted by Crippen LogP contribution is 2.53. The van der Waals surface area contributed by atoms with Gasteiger partial charge < -0.3 is 9.47 Å². The van der Waals surface area contributed by atoms with Crippen LogP contribution in [0, 0.1) is 23.7 Å². The minimum Gasteiger partial charge on any atom is -0.488 e. The van der Waals surface area contributed by atoms with E-state index in [1.165, 1.54) is 36.0 Å². The predicted octanol–water partition coefficient (Wildman–Crippen LogP) is 14.0. The molecule has 4 unspecified atom stereocenters. The molecule has 0 spiro atoms. The van der Waals surface area contributed by atoms with Gasteiger partial charge in [0, 0.05) is 50.8 Å². The van der Waals surface area contributed by atoms with Gasteiger partial charge in [-0.3, -0.25) is 0 Å². The second-order valence-electron chi connectivity index (χ2n) is 17.8. The summed E-state index contributed by atoms with van der Waals surface area (Å²) in [5, 5.41) is 4.13. The molecule has 16 rings (SSSR count). The van der Waals surface area contributed by atoms with Crippen LogP contribution in [0.25, 0.3) is 32.7 Å². The SMILES string of the molecule is CC1CCC2C3=C=C=C(C=C3)C3=C=C=C(C=C3)COc3ccc4ccccc4c3-c3c(ccc4ccccc34)OC(=O)C3=CC=C(CC3)C3=CC=C(CC3)C3CCC(C)C1=C23. The molecule has 0 saturated heterocycles. The van der Waals surface area contributed by atoms with Gasteiger partial charge in [0.05, 0.1) is 0 Å². The van der Waals surface area contributed by atoms with Crippen LogP contribution in [0.1, 0.15) is 65.2 Å². The molecule has 0 N–H and O–H groups in total. The van der Waals surface area contributed by atoms with Gasteiger partial charge in [-0.25, -0.2) is 4.79 Å². The van der Waals surface area contributed by atoms with Crippen LogP contribution in [0.5, 0.6) is 11.5 Å². The average molecular weight is 793 g/mol. The van der Waals surface area contributed by atoms with Crippen molar-refractivity contribution in [2.45, 2.75) is 65.2 Å². The molecular weight excluding hydrogens is 745 g/mol. The number of carbonyl (C=O) groups excluding carboxylic acids is 1. The Bertz CT molecular complexity index is 3040. The first-order valence-corrected chi connectivity index (χ1v) is 22.3. The number of fused-ring (bicyclic) bond motifs is 3. The molecule has 0 fully saturated rings. The number of hydrogen-bond donors (Lipinski definition) is 0. The van der Waals surface area contributed by atoms with Crippen molar-refractivity contribution in [1.29, 1.82) is 0 Å². The first-order chi connectivity index (χ1) is 30.0. The van der Waals surface area contributed by atoms with E-state index in [0.717, 1.165) is 75.1 Å². The van der Waals surface area contributed by atoms with Crippen molar-refractivity contribution in [2.75, 3.05) is 6.61 Å². The van der Waals surface area contributed by atoms with Crippen molar-refractivity contribution in [3.8, 4) is 22.6 Å². The van der Waals surface area contributed by atoms with E-state index in [9.17, 15) is 4.79 Å². The third-order valence-corrected chi connectivity index (χ3v) is 14.2. The van der Waals surface area contributed by atoms with E-state index in [0.29, 0.717) is 53.8 Å². The van der Waals surface area contributed by atoms with Crippen molar-refractivity contribution >= 4 is 27.5 Å². The monoisotopic (exact) mass is 792 g/mol. The molecule has 61 heavy (non-hydrogen) atoms. The molecule has 0 radical (unpaired) electrons. The van der Waals surface area contributed by atoms with Crippen LogP contribution < -0.4 is 9.47 Å². The average Bonchev–Trinajstić information content (AvgIpc) is 3.31. The predicted molar refractivity (Wildman–Crippen MR) is 246 cm³/mol. The number of rotatable bonds is 0. The van der Waals surface area contributed by atoms with Crippen molar-refractivity contribution < 1.29 is 14.3 Å². The maximum Gasteiger partial charge on any atom is 0.339 e. The maximum atomic E-state index is 14.2. The Kier molecular flexibility index (Phi) is 9.51. The fourth-order valence-corrected chi connectivity index (χ4v) is 11.1. The summed E-state index contributed by atoms with van der Waals surface area (Å²) >= 11 is 0.